The number of nitrogens with two attached hydrogens (primary N) is 1. The Hall–Kier alpha value is -1.78. The predicted octanol–water partition coefficient (Wildman–Crippen LogP) is 1.56. The maximum atomic E-state index is 12.0. The normalized spacial score (nSPS) is 23.6. The first kappa shape index (κ1) is 17.3. The molecule has 1 saturated carbocycles. The van der Waals surface area contributed by atoms with E-state index in [1.165, 1.54) is 0 Å². The lowest BCUT2D eigenvalue weighted by atomic mass is 9.85. The summed E-state index contributed by atoms with van der Waals surface area (Å²) in [4.78, 5) is 25.5. The number of carbonyl (C=O) groups is 2. The number of nitrogens with one attached hydrogen (secondary N) is 1. The Morgan fingerprint density at radius 3 is 2.24 bits per heavy atom. The van der Waals surface area contributed by atoms with Crippen LogP contribution in [-0.4, -0.2) is 36.9 Å². The summed E-state index contributed by atoms with van der Waals surface area (Å²) >= 11 is 0. The van der Waals surface area contributed by atoms with Gasteiger partial charge in [0, 0.05) is 26.1 Å². The summed E-state index contributed by atoms with van der Waals surface area (Å²) in [5, 5.41) is 2.95. The van der Waals surface area contributed by atoms with Crippen LogP contribution in [0.3, 0.4) is 0 Å². The minimum absolute atomic E-state index is 0.0892. The van der Waals surface area contributed by atoms with Crippen molar-refractivity contribution in [2.24, 2.45) is 11.7 Å². The second kappa shape index (κ2) is 7.86. The van der Waals surface area contributed by atoms with Gasteiger partial charge in [-0.05, 0) is 45.6 Å². The van der Waals surface area contributed by atoms with Gasteiger partial charge in [0.05, 0.1) is 5.70 Å². The molecule has 21 heavy (non-hydrogen) atoms. The summed E-state index contributed by atoms with van der Waals surface area (Å²) in [5.74, 6) is 0.0489. The summed E-state index contributed by atoms with van der Waals surface area (Å²) in [6.07, 6.45) is 6.87. The Labute approximate surface area is 127 Å². The molecule has 1 fully saturated rings. The molecule has 1 rings (SSSR count). The van der Waals surface area contributed by atoms with Crippen LogP contribution in [0.25, 0.3) is 0 Å². The number of allylic oxidation sites excluding steroid dienone is 3. The zero-order valence-electron chi connectivity index (χ0n) is 13.5. The monoisotopic (exact) mass is 293 g/mol. The lowest BCUT2D eigenvalue weighted by Crippen LogP contribution is -2.42. The fourth-order valence-corrected chi connectivity index (χ4v) is 2.51. The highest BCUT2D eigenvalue weighted by Gasteiger charge is 2.28. The first-order valence-corrected chi connectivity index (χ1v) is 7.47. The van der Waals surface area contributed by atoms with Gasteiger partial charge in [0.1, 0.15) is 0 Å². The van der Waals surface area contributed by atoms with Crippen molar-refractivity contribution >= 4 is 11.8 Å². The Morgan fingerprint density at radius 2 is 1.76 bits per heavy atom. The Morgan fingerprint density at radius 1 is 1.19 bits per heavy atom. The molecule has 1 aliphatic rings. The molecule has 0 unspecified atom stereocenters. The van der Waals surface area contributed by atoms with Crippen LogP contribution < -0.4 is 11.1 Å². The van der Waals surface area contributed by atoms with Crippen LogP contribution in [-0.2, 0) is 9.59 Å². The van der Waals surface area contributed by atoms with Gasteiger partial charge in [0.2, 0.25) is 5.91 Å². The summed E-state index contributed by atoms with van der Waals surface area (Å²) in [6.45, 7) is 3.80. The van der Waals surface area contributed by atoms with E-state index >= 15 is 0 Å². The smallest absolute Gasteiger partial charge is 0.267 e. The van der Waals surface area contributed by atoms with Crippen LogP contribution >= 0.6 is 0 Å². The third kappa shape index (κ3) is 5.25. The van der Waals surface area contributed by atoms with Crippen LogP contribution in [0.4, 0.5) is 0 Å². The summed E-state index contributed by atoms with van der Waals surface area (Å²) in [7, 11) is 3.57. The summed E-state index contributed by atoms with van der Waals surface area (Å²) < 4.78 is 0. The zero-order chi connectivity index (χ0) is 16.0. The van der Waals surface area contributed by atoms with Crippen molar-refractivity contribution in [3.63, 3.8) is 0 Å². The SMILES string of the molecule is C/C=C(C)/C=C(\N)C(=O)NC1CCC(C(=O)N(C)C)CC1. The fourth-order valence-electron chi connectivity index (χ4n) is 2.51. The van der Waals surface area contributed by atoms with Gasteiger partial charge in [-0.1, -0.05) is 11.6 Å². The van der Waals surface area contributed by atoms with E-state index in [-0.39, 0.29) is 29.5 Å². The van der Waals surface area contributed by atoms with Crippen LogP contribution in [0.1, 0.15) is 39.5 Å². The maximum Gasteiger partial charge on any atom is 0.267 e. The number of carbonyl (C=O) groups excluding carboxylic acids is 2. The average Bonchev–Trinajstić information content (AvgIpc) is 2.46. The first-order valence-electron chi connectivity index (χ1n) is 7.47. The van der Waals surface area contributed by atoms with Crippen molar-refractivity contribution < 1.29 is 9.59 Å². The van der Waals surface area contributed by atoms with Gasteiger partial charge in [0.25, 0.3) is 5.91 Å². The second-order valence-electron chi connectivity index (χ2n) is 5.89. The molecule has 5 heteroatoms. The molecule has 3 N–H and O–H groups in total. The number of amides is 2. The highest BCUT2D eigenvalue weighted by atomic mass is 16.2. The molecule has 0 atom stereocenters. The fraction of sp³-hybridized carbons (Fsp3) is 0.625. The van der Waals surface area contributed by atoms with Gasteiger partial charge in [0.15, 0.2) is 0 Å². The molecule has 0 aromatic heterocycles. The third-order valence-electron chi connectivity index (χ3n) is 3.95. The van der Waals surface area contributed by atoms with E-state index < -0.39 is 0 Å². The van der Waals surface area contributed by atoms with E-state index in [4.69, 9.17) is 5.73 Å². The minimum Gasteiger partial charge on any atom is -0.394 e. The van der Waals surface area contributed by atoms with E-state index in [0.29, 0.717) is 0 Å². The molecular formula is C16H27N3O2. The average molecular weight is 293 g/mol. The molecule has 0 aliphatic heterocycles. The molecule has 0 aromatic rings. The Balaban J connectivity index is 2.48. The van der Waals surface area contributed by atoms with Crippen molar-refractivity contribution in [3.8, 4) is 0 Å². The maximum absolute atomic E-state index is 12.0. The number of hydrogen-bond acceptors (Lipinski definition) is 3. The Kier molecular flexibility index (Phi) is 6.46. The van der Waals surface area contributed by atoms with Crippen molar-refractivity contribution in [2.45, 2.75) is 45.6 Å². The van der Waals surface area contributed by atoms with Crippen molar-refractivity contribution in [1.29, 1.82) is 0 Å². The topological polar surface area (TPSA) is 75.4 Å². The van der Waals surface area contributed by atoms with Gasteiger partial charge in [-0.15, -0.1) is 0 Å². The largest absolute Gasteiger partial charge is 0.394 e. The Bertz CT molecular complexity index is 444. The molecule has 0 bridgehead atoms. The molecule has 0 aromatic carbocycles. The van der Waals surface area contributed by atoms with E-state index in [9.17, 15) is 9.59 Å². The molecule has 2 amide bonds. The summed E-state index contributed by atoms with van der Waals surface area (Å²) in [5.41, 5.74) is 6.97. The van der Waals surface area contributed by atoms with Crippen LogP contribution in [0.15, 0.2) is 23.4 Å². The van der Waals surface area contributed by atoms with Crippen LogP contribution in [0.2, 0.25) is 0 Å². The molecule has 0 radical (unpaired) electrons. The van der Waals surface area contributed by atoms with Gasteiger partial charge < -0.3 is 16.0 Å². The first-order chi connectivity index (χ1) is 9.85. The standard InChI is InChI=1S/C16H27N3O2/c1-5-11(2)10-14(17)15(20)18-13-8-6-12(7-9-13)16(21)19(3)4/h5,10,12-13H,6-9,17H2,1-4H3,(H,18,20)/b11-5+,14-10-. The van der Waals surface area contributed by atoms with Crippen LogP contribution in [0, 0.1) is 5.92 Å². The second-order valence-corrected chi connectivity index (χ2v) is 5.89. The lowest BCUT2D eigenvalue weighted by Gasteiger charge is -2.29. The van der Waals surface area contributed by atoms with Crippen molar-refractivity contribution in [2.75, 3.05) is 14.1 Å². The highest BCUT2D eigenvalue weighted by molar-refractivity contribution is 5.93. The van der Waals surface area contributed by atoms with Gasteiger partial charge in [-0.3, -0.25) is 9.59 Å². The molecule has 5 nitrogen and oxygen atoms in total. The van der Waals surface area contributed by atoms with E-state index in [1.54, 1.807) is 25.1 Å². The van der Waals surface area contributed by atoms with E-state index in [0.717, 1.165) is 31.3 Å². The molecule has 0 spiro atoms. The quantitative estimate of drug-likeness (QED) is 0.610. The number of nitrogens with zero attached hydrogens (tertiary/aromatic N) is 1. The zero-order valence-corrected chi connectivity index (χ0v) is 13.5. The molecule has 118 valence electrons. The molecule has 0 heterocycles. The third-order valence-corrected chi connectivity index (χ3v) is 3.95. The van der Waals surface area contributed by atoms with E-state index in [1.807, 2.05) is 19.9 Å². The van der Waals surface area contributed by atoms with Gasteiger partial charge in [-0.2, -0.15) is 0 Å². The van der Waals surface area contributed by atoms with Gasteiger partial charge in [-0.25, -0.2) is 0 Å². The lowest BCUT2D eigenvalue weighted by molar-refractivity contribution is -0.134. The van der Waals surface area contributed by atoms with Crippen molar-refractivity contribution in [3.05, 3.63) is 23.4 Å². The van der Waals surface area contributed by atoms with Gasteiger partial charge >= 0.3 is 0 Å². The molecule has 1 aliphatic carbocycles. The molecular weight excluding hydrogens is 266 g/mol. The van der Waals surface area contributed by atoms with Crippen molar-refractivity contribution in [1.82, 2.24) is 10.2 Å². The van der Waals surface area contributed by atoms with E-state index in [2.05, 4.69) is 5.32 Å². The predicted molar refractivity (Wildman–Crippen MR) is 84.3 cm³/mol. The van der Waals surface area contributed by atoms with Crippen LogP contribution in [0.5, 0.6) is 0 Å². The molecule has 0 saturated heterocycles. The minimum atomic E-state index is -0.224. The highest BCUT2D eigenvalue weighted by Crippen LogP contribution is 2.25. The summed E-state index contributed by atoms with van der Waals surface area (Å²) in [6, 6.07) is 0.113. The number of hydrogen-bond donors (Lipinski definition) is 2. The number of rotatable bonds is 4.